The Hall–Kier alpha value is -2.13. The number of benzene rings is 2. The molecule has 0 bridgehead atoms. The summed E-state index contributed by atoms with van der Waals surface area (Å²) in [6.45, 7) is -0.00699. The maximum absolute atomic E-state index is 12.1. The molecular formula is C16H16O3. The number of aliphatic hydroxyl groups excluding tert-OH is 1. The van der Waals surface area contributed by atoms with E-state index in [-0.39, 0.29) is 12.4 Å². The Kier molecular flexibility index (Phi) is 4.31. The van der Waals surface area contributed by atoms with Crippen molar-refractivity contribution in [3.05, 3.63) is 65.2 Å². The van der Waals surface area contributed by atoms with Crippen molar-refractivity contribution in [3.63, 3.8) is 0 Å². The predicted octanol–water partition coefficient (Wildman–Crippen LogP) is 2.61. The summed E-state index contributed by atoms with van der Waals surface area (Å²) in [6.07, 6.45) is 0.364. The van der Waals surface area contributed by atoms with E-state index in [4.69, 9.17) is 9.84 Å². The summed E-state index contributed by atoms with van der Waals surface area (Å²) in [7, 11) is 1.61. The van der Waals surface area contributed by atoms with E-state index in [1.807, 2.05) is 24.3 Å². The van der Waals surface area contributed by atoms with Gasteiger partial charge < -0.3 is 9.84 Å². The molecule has 2 rings (SSSR count). The van der Waals surface area contributed by atoms with Crippen molar-refractivity contribution in [3.8, 4) is 5.75 Å². The number of rotatable bonds is 5. The Morgan fingerprint density at radius 2 is 1.58 bits per heavy atom. The second kappa shape index (κ2) is 6.16. The third kappa shape index (κ3) is 3.42. The molecule has 0 unspecified atom stereocenters. The molecule has 0 atom stereocenters. The molecular weight excluding hydrogens is 240 g/mol. The van der Waals surface area contributed by atoms with Crippen LogP contribution in [0.4, 0.5) is 0 Å². The molecule has 2 aromatic carbocycles. The highest BCUT2D eigenvalue weighted by Gasteiger charge is 2.07. The van der Waals surface area contributed by atoms with Gasteiger partial charge in [0.05, 0.1) is 13.7 Å². The van der Waals surface area contributed by atoms with E-state index in [2.05, 4.69) is 0 Å². The van der Waals surface area contributed by atoms with Gasteiger partial charge in [-0.05, 0) is 23.3 Å². The second-order valence-corrected chi connectivity index (χ2v) is 4.30. The molecule has 1 N–H and O–H groups in total. The molecule has 0 heterocycles. The molecule has 0 aliphatic carbocycles. The lowest BCUT2D eigenvalue weighted by molar-refractivity contribution is 0.0993. The minimum absolute atomic E-state index is 0.00699. The highest BCUT2D eigenvalue weighted by atomic mass is 16.5. The van der Waals surface area contributed by atoms with E-state index in [1.165, 1.54) is 0 Å². The minimum atomic E-state index is -0.00699. The number of methoxy groups -OCH3 is 1. The Balaban J connectivity index is 2.06. The first-order valence-corrected chi connectivity index (χ1v) is 6.09. The van der Waals surface area contributed by atoms with Crippen LogP contribution in [0, 0.1) is 0 Å². The molecule has 0 saturated carbocycles. The Morgan fingerprint density at radius 3 is 2.11 bits per heavy atom. The first-order valence-electron chi connectivity index (χ1n) is 6.09. The molecule has 0 aliphatic heterocycles. The van der Waals surface area contributed by atoms with Gasteiger partial charge in [0, 0.05) is 12.0 Å². The molecule has 98 valence electrons. The number of hydrogen-bond acceptors (Lipinski definition) is 3. The minimum Gasteiger partial charge on any atom is -0.497 e. The number of ether oxygens (including phenoxy) is 1. The topological polar surface area (TPSA) is 46.5 Å². The predicted molar refractivity (Wildman–Crippen MR) is 73.4 cm³/mol. The first-order chi connectivity index (χ1) is 9.22. The van der Waals surface area contributed by atoms with Crippen LogP contribution in [-0.2, 0) is 13.0 Å². The Morgan fingerprint density at radius 1 is 1.00 bits per heavy atom. The number of Topliss-reactive ketones (excluding diaryl/α,β-unsaturated/α-hetero) is 1. The van der Waals surface area contributed by atoms with Gasteiger partial charge in [-0.25, -0.2) is 0 Å². The van der Waals surface area contributed by atoms with Gasteiger partial charge in [0.2, 0.25) is 0 Å². The Bertz CT molecular complexity index is 541. The zero-order chi connectivity index (χ0) is 13.7. The van der Waals surface area contributed by atoms with E-state index in [9.17, 15) is 4.79 Å². The highest BCUT2D eigenvalue weighted by molar-refractivity contribution is 5.97. The third-order valence-electron chi connectivity index (χ3n) is 2.98. The second-order valence-electron chi connectivity index (χ2n) is 4.30. The van der Waals surface area contributed by atoms with Gasteiger partial charge in [0.1, 0.15) is 5.75 Å². The molecule has 2 aromatic rings. The van der Waals surface area contributed by atoms with Crippen LogP contribution in [-0.4, -0.2) is 18.0 Å². The van der Waals surface area contributed by atoms with Gasteiger partial charge in [-0.2, -0.15) is 0 Å². The van der Waals surface area contributed by atoms with Crippen LogP contribution in [0.1, 0.15) is 21.5 Å². The number of hydrogen-bond donors (Lipinski definition) is 1. The largest absolute Gasteiger partial charge is 0.497 e. The lowest BCUT2D eigenvalue weighted by Gasteiger charge is -2.04. The molecule has 0 amide bonds. The van der Waals surface area contributed by atoms with Crippen LogP contribution in [0.25, 0.3) is 0 Å². The maximum Gasteiger partial charge on any atom is 0.167 e. The average Bonchev–Trinajstić information content (AvgIpc) is 2.48. The molecule has 3 heteroatoms. The SMILES string of the molecule is COc1ccc(CC(=O)c2ccc(CO)cc2)cc1. The van der Waals surface area contributed by atoms with E-state index < -0.39 is 0 Å². The van der Waals surface area contributed by atoms with Crippen LogP contribution in [0.2, 0.25) is 0 Å². The van der Waals surface area contributed by atoms with Crippen LogP contribution in [0.5, 0.6) is 5.75 Å². The summed E-state index contributed by atoms with van der Waals surface area (Å²) in [4.78, 5) is 12.1. The van der Waals surface area contributed by atoms with Crippen molar-refractivity contribution >= 4 is 5.78 Å². The summed E-state index contributed by atoms with van der Waals surface area (Å²) in [6, 6.07) is 14.5. The number of carbonyl (C=O) groups is 1. The molecule has 0 aliphatic rings. The van der Waals surface area contributed by atoms with Gasteiger partial charge in [-0.1, -0.05) is 36.4 Å². The van der Waals surface area contributed by atoms with E-state index in [0.717, 1.165) is 16.9 Å². The van der Waals surface area contributed by atoms with E-state index in [1.54, 1.807) is 31.4 Å². The molecule has 0 aromatic heterocycles. The van der Waals surface area contributed by atoms with Crippen LogP contribution >= 0.6 is 0 Å². The maximum atomic E-state index is 12.1. The number of aliphatic hydroxyl groups is 1. The van der Waals surface area contributed by atoms with Gasteiger partial charge in [-0.3, -0.25) is 4.79 Å². The smallest absolute Gasteiger partial charge is 0.167 e. The fraction of sp³-hybridized carbons (Fsp3) is 0.188. The monoisotopic (exact) mass is 256 g/mol. The summed E-state index contributed by atoms with van der Waals surface area (Å²) < 4.78 is 5.08. The van der Waals surface area contributed by atoms with Crippen molar-refractivity contribution < 1.29 is 14.6 Å². The van der Waals surface area contributed by atoms with Crippen LogP contribution < -0.4 is 4.74 Å². The Labute approximate surface area is 112 Å². The standard InChI is InChI=1S/C16H16O3/c1-19-15-8-4-12(5-9-15)10-16(18)14-6-2-13(11-17)3-7-14/h2-9,17H,10-11H2,1H3. The fourth-order valence-electron chi connectivity index (χ4n) is 1.83. The van der Waals surface area contributed by atoms with Gasteiger partial charge in [0.25, 0.3) is 0 Å². The molecule has 3 nitrogen and oxygen atoms in total. The summed E-state index contributed by atoms with van der Waals surface area (Å²) in [5.74, 6) is 0.846. The van der Waals surface area contributed by atoms with Crippen molar-refractivity contribution in [2.75, 3.05) is 7.11 Å². The fourth-order valence-corrected chi connectivity index (χ4v) is 1.83. The van der Waals surface area contributed by atoms with Crippen molar-refractivity contribution in [1.82, 2.24) is 0 Å². The average molecular weight is 256 g/mol. The van der Waals surface area contributed by atoms with Crippen molar-refractivity contribution in [1.29, 1.82) is 0 Å². The lowest BCUT2D eigenvalue weighted by atomic mass is 10.0. The van der Waals surface area contributed by atoms with E-state index in [0.29, 0.717) is 12.0 Å². The lowest BCUT2D eigenvalue weighted by Crippen LogP contribution is -2.03. The summed E-state index contributed by atoms with van der Waals surface area (Å²) >= 11 is 0. The normalized spacial score (nSPS) is 10.2. The first kappa shape index (κ1) is 13.3. The third-order valence-corrected chi connectivity index (χ3v) is 2.98. The molecule has 19 heavy (non-hydrogen) atoms. The molecule has 0 fully saturated rings. The molecule has 0 spiro atoms. The van der Waals surface area contributed by atoms with E-state index >= 15 is 0 Å². The van der Waals surface area contributed by atoms with Crippen molar-refractivity contribution in [2.45, 2.75) is 13.0 Å². The molecule has 0 saturated heterocycles. The molecule has 0 radical (unpaired) electrons. The highest BCUT2D eigenvalue weighted by Crippen LogP contribution is 2.14. The van der Waals surface area contributed by atoms with Crippen LogP contribution in [0.15, 0.2) is 48.5 Å². The number of ketones is 1. The number of carbonyl (C=O) groups excluding carboxylic acids is 1. The quantitative estimate of drug-likeness (QED) is 0.836. The van der Waals surface area contributed by atoms with Gasteiger partial charge in [0.15, 0.2) is 5.78 Å². The van der Waals surface area contributed by atoms with Crippen LogP contribution in [0.3, 0.4) is 0 Å². The zero-order valence-electron chi connectivity index (χ0n) is 10.8. The van der Waals surface area contributed by atoms with Gasteiger partial charge >= 0.3 is 0 Å². The zero-order valence-corrected chi connectivity index (χ0v) is 10.8. The van der Waals surface area contributed by atoms with Crippen molar-refractivity contribution in [2.24, 2.45) is 0 Å². The summed E-state index contributed by atoms with van der Waals surface area (Å²) in [5, 5.41) is 8.95. The summed E-state index contributed by atoms with van der Waals surface area (Å²) in [5.41, 5.74) is 2.42. The van der Waals surface area contributed by atoms with Gasteiger partial charge in [-0.15, -0.1) is 0 Å².